The summed E-state index contributed by atoms with van der Waals surface area (Å²) in [5.41, 5.74) is 0. The molecule has 2 N–H and O–H groups in total. The van der Waals surface area contributed by atoms with Crippen LogP contribution in [0.15, 0.2) is 0 Å². The molecule has 6 nitrogen and oxygen atoms in total. The Kier molecular flexibility index (Phi) is 5.92. The SMILES string of the molecule is COC(=O)NS(=O)(=O)NC(C)C(C)CCl. The molecule has 0 spiro atoms. The Balaban J connectivity index is 4.32. The predicted molar refractivity (Wildman–Crippen MR) is 56.9 cm³/mol. The quantitative estimate of drug-likeness (QED) is 0.701. The van der Waals surface area contributed by atoms with E-state index < -0.39 is 16.3 Å². The van der Waals surface area contributed by atoms with Gasteiger partial charge in [0.2, 0.25) is 0 Å². The summed E-state index contributed by atoms with van der Waals surface area (Å²) in [4.78, 5) is 10.7. The number of methoxy groups -OCH3 is 1. The highest BCUT2D eigenvalue weighted by atomic mass is 35.5. The first-order valence-electron chi connectivity index (χ1n) is 4.26. The predicted octanol–water partition coefficient (Wildman–Crippen LogP) is 0.440. The first-order chi connectivity index (χ1) is 6.82. The molecule has 0 saturated carbocycles. The van der Waals surface area contributed by atoms with Gasteiger partial charge in [0.25, 0.3) is 0 Å². The van der Waals surface area contributed by atoms with Gasteiger partial charge < -0.3 is 4.74 Å². The summed E-state index contributed by atoms with van der Waals surface area (Å²) in [5.74, 6) is 0.280. The van der Waals surface area contributed by atoms with Crippen molar-refractivity contribution in [1.29, 1.82) is 0 Å². The molecule has 0 aliphatic heterocycles. The summed E-state index contributed by atoms with van der Waals surface area (Å²) in [6.45, 7) is 3.45. The van der Waals surface area contributed by atoms with E-state index in [1.807, 2.05) is 0 Å². The van der Waals surface area contributed by atoms with Crippen LogP contribution in [0.25, 0.3) is 0 Å². The molecule has 2 unspecified atom stereocenters. The monoisotopic (exact) mass is 258 g/mol. The van der Waals surface area contributed by atoms with Gasteiger partial charge in [0, 0.05) is 11.9 Å². The molecule has 0 aromatic rings. The van der Waals surface area contributed by atoms with E-state index in [-0.39, 0.29) is 12.0 Å². The van der Waals surface area contributed by atoms with E-state index in [9.17, 15) is 13.2 Å². The fraction of sp³-hybridized carbons (Fsp3) is 0.857. The lowest BCUT2D eigenvalue weighted by molar-refractivity contribution is 0.177. The molecular formula is C7H15ClN2O4S. The molecule has 15 heavy (non-hydrogen) atoms. The molecule has 0 saturated heterocycles. The second-order valence-corrected chi connectivity index (χ2v) is 4.89. The van der Waals surface area contributed by atoms with E-state index in [2.05, 4.69) is 9.46 Å². The number of carbonyl (C=O) groups excluding carboxylic acids is 1. The zero-order chi connectivity index (χ0) is 12.1. The van der Waals surface area contributed by atoms with E-state index in [1.165, 1.54) is 0 Å². The van der Waals surface area contributed by atoms with Gasteiger partial charge in [-0.05, 0) is 12.8 Å². The van der Waals surface area contributed by atoms with Crippen LogP contribution in [0.3, 0.4) is 0 Å². The average Bonchev–Trinajstić information content (AvgIpc) is 2.14. The number of nitrogens with one attached hydrogen (secondary N) is 2. The standard InChI is InChI=1S/C7H15ClN2O4S/c1-5(4-8)6(2)9-15(12,13)10-7(11)14-3/h5-6,9H,4H2,1-3H3,(H,10,11). The van der Waals surface area contributed by atoms with Crippen LogP contribution < -0.4 is 9.44 Å². The van der Waals surface area contributed by atoms with Gasteiger partial charge in [-0.25, -0.2) is 9.52 Å². The zero-order valence-corrected chi connectivity index (χ0v) is 10.4. The number of ether oxygens (including phenoxy) is 1. The summed E-state index contributed by atoms with van der Waals surface area (Å²) < 4.78 is 30.6. The normalized spacial score (nSPS) is 15.5. The fourth-order valence-electron chi connectivity index (χ4n) is 0.675. The van der Waals surface area contributed by atoms with Crippen molar-refractivity contribution in [1.82, 2.24) is 9.44 Å². The molecular weight excluding hydrogens is 244 g/mol. The smallest absolute Gasteiger partial charge is 0.421 e. The molecule has 8 heteroatoms. The fourth-order valence-corrected chi connectivity index (χ4v) is 2.03. The van der Waals surface area contributed by atoms with Crippen LogP contribution in [0.5, 0.6) is 0 Å². The highest BCUT2D eigenvalue weighted by Gasteiger charge is 2.20. The molecule has 0 aliphatic carbocycles. The third kappa shape index (κ3) is 5.81. The summed E-state index contributed by atoms with van der Waals surface area (Å²) in [7, 11) is -2.80. The third-order valence-electron chi connectivity index (χ3n) is 1.84. The van der Waals surface area contributed by atoms with Gasteiger partial charge in [-0.3, -0.25) is 0 Å². The minimum absolute atomic E-state index is 0.0408. The highest BCUT2D eigenvalue weighted by molar-refractivity contribution is 7.88. The van der Waals surface area contributed by atoms with Crippen molar-refractivity contribution in [2.75, 3.05) is 13.0 Å². The number of amides is 1. The van der Waals surface area contributed by atoms with Crippen molar-refractivity contribution < 1.29 is 17.9 Å². The Bertz CT molecular complexity index is 306. The Morgan fingerprint density at radius 2 is 2.00 bits per heavy atom. The van der Waals surface area contributed by atoms with Crippen LogP contribution in [0.1, 0.15) is 13.8 Å². The minimum Gasteiger partial charge on any atom is -0.452 e. The van der Waals surface area contributed by atoms with E-state index in [0.717, 1.165) is 7.11 Å². The first kappa shape index (κ1) is 14.5. The van der Waals surface area contributed by atoms with E-state index in [1.54, 1.807) is 18.6 Å². The van der Waals surface area contributed by atoms with Crippen molar-refractivity contribution in [2.45, 2.75) is 19.9 Å². The van der Waals surface area contributed by atoms with Crippen molar-refractivity contribution in [3.05, 3.63) is 0 Å². The summed E-state index contributed by atoms with van der Waals surface area (Å²) in [5, 5.41) is 0. The Labute approximate surface area is 94.5 Å². The van der Waals surface area contributed by atoms with Crippen LogP contribution in [0, 0.1) is 5.92 Å². The van der Waals surface area contributed by atoms with Gasteiger partial charge in [-0.2, -0.15) is 13.1 Å². The summed E-state index contributed by atoms with van der Waals surface area (Å²) in [6, 6.07) is -0.371. The highest BCUT2D eigenvalue weighted by Crippen LogP contribution is 2.05. The minimum atomic E-state index is -3.88. The Hall–Kier alpha value is -0.530. The number of alkyl halides is 1. The lowest BCUT2D eigenvalue weighted by atomic mass is 10.1. The van der Waals surface area contributed by atoms with Crippen LogP contribution in [0.2, 0.25) is 0 Å². The molecule has 2 atom stereocenters. The molecule has 0 heterocycles. The van der Waals surface area contributed by atoms with Gasteiger partial charge in [-0.1, -0.05) is 6.92 Å². The number of hydrogen-bond donors (Lipinski definition) is 2. The number of carbonyl (C=O) groups is 1. The lowest BCUT2D eigenvalue weighted by Gasteiger charge is -2.18. The van der Waals surface area contributed by atoms with Gasteiger partial charge in [0.05, 0.1) is 7.11 Å². The van der Waals surface area contributed by atoms with Crippen molar-refractivity contribution in [2.24, 2.45) is 5.92 Å². The van der Waals surface area contributed by atoms with Crippen LogP contribution in [-0.2, 0) is 14.9 Å². The largest absolute Gasteiger partial charge is 0.452 e. The molecule has 90 valence electrons. The van der Waals surface area contributed by atoms with E-state index in [4.69, 9.17) is 11.6 Å². The third-order valence-corrected chi connectivity index (χ3v) is 3.45. The molecule has 0 rings (SSSR count). The molecule has 0 aromatic carbocycles. The maximum atomic E-state index is 11.3. The summed E-state index contributed by atoms with van der Waals surface area (Å²) in [6.07, 6.45) is -1.03. The van der Waals surface area contributed by atoms with Gasteiger partial charge in [0.15, 0.2) is 0 Å². The molecule has 0 bridgehead atoms. The maximum absolute atomic E-state index is 11.3. The topological polar surface area (TPSA) is 84.5 Å². The van der Waals surface area contributed by atoms with E-state index >= 15 is 0 Å². The van der Waals surface area contributed by atoms with Crippen molar-refractivity contribution >= 4 is 27.9 Å². The molecule has 0 fully saturated rings. The van der Waals surface area contributed by atoms with E-state index in [0.29, 0.717) is 5.88 Å². The maximum Gasteiger partial charge on any atom is 0.421 e. The van der Waals surface area contributed by atoms with Gasteiger partial charge >= 0.3 is 16.3 Å². The zero-order valence-electron chi connectivity index (χ0n) is 8.78. The number of hydrogen-bond acceptors (Lipinski definition) is 4. The molecule has 1 amide bonds. The summed E-state index contributed by atoms with van der Waals surface area (Å²) >= 11 is 5.56. The second-order valence-electron chi connectivity index (χ2n) is 3.14. The first-order valence-corrected chi connectivity index (χ1v) is 6.28. The van der Waals surface area contributed by atoms with Gasteiger partial charge in [-0.15, -0.1) is 11.6 Å². The average molecular weight is 259 g/mol. The second kappa shape index (κ2) is 6.14. The molecule has 0 aliphatic rings. The number of halogens is 1. The van der Waals surface area contributed by atoms with Gasteiger partial charge in [0.1, 0.15) is 0 Å². The van der Waals surface area contributed by atoms with Crippen molar-refractivity contribution in [3.63, 3.8) is 0 Å². The number of rotatable bonds is 5. The van der Waals surface area contributed by atoms with Crippen LogP contribution in [-0.4, -0.2) is 33.5 Å². The lowest BCUT2D eigenvalue weighted by Crippen LogP contribution is -2.46. The van der Waals surface area contributed by atoms with Crippen molar-refractivity contribution in [3.8, 4) is 0 Å². The Morgan fingerprint density at radius 1 is 1.47 bits per heavy atom. The molecule has 0 aromatic heterocycles. The van der Waals surface area contributed by atoms with Crippen LogP contribution in [0.4, 0.5) is 4.79 Å². The Morgan fingerprint density at radius 3 is 2.40 bits per heavy atom. The van der Waals surface area contributed by atoms with Crippen LogP contribution >= 0.6 is 11.6 Å². The molecule has 0 radical (unpaired) electrons.